The minimum atomic E-state index is -0.610. The highest BCUT2D eigenvalue weighted by Gasteiger charge is 2.44. The molecule has 1 N–H and O–H groups in total. The lowest BCUT2D eigenvalue weighted by Crippen LogP contribution is -2.56. The van der Waals surface area contributed by atoms with Crippen LogP contribution in [0.1, 0.15) is 38.2 Å². The number of benzene rings is 1. The molecule has 0 saturated carbocycles. The van der Waals surface area contributed by atoms with Crippen LogP contribution < -0.4 is 5.32 Å². The fraction of sp³-hybridized carbons (Fsp3) is 0.480. The molecule has 0 aliphatic carbocycles. The molecule has 6 heteroatoms. The Labute approximate surface area is 184 Å². The van der Waals surface area contributed by atoms with Crippen molar-refractivity contribution in [3.05, 3.63) is 54.4 Å². The van der Waals surface area contributed by atoms with Gasteiger partial charge in [0.15, 0.2) is 0 Å². The van der Waals surface area contributed by atoms with Crippen LogP contribution >= 0.6 is 0 Å². The number of amides is 2. The minimum absolute atomic E-state index is 0.0399. The van der Waals surface area contributed by atoms with Gasteiger partial charge in [-0.15, -0.1) is 0 Å². The van der Waals surface area contributed by atoms with Gasteiger partial charge in [-0.3, -0.25) is 14.6 Å². The van der Waals surface area contributed by atoms with Gasteiger partial charge in [-0.25, -0.2) is 0 Å². The molecule has 6 nitrogen and oxygen atoms in total. The summed E-state index contributed by atoms with van der Waals surface area (Å²) in [6.45, 7) is 4.31. The molecule has 2 aromatic rings. The van der Waals surface area contributed by atoms with Crippen LogP contribution in [-0.2, 0) is 20.7 Å². The molecule has 0 radical (unpaired) electrons. The van der Waals surface area contributed by atoms with Crippen LogP contribution in [0.3, 0.4) is 0 Å². The van der Waals surface area contributed by atoms with E-state index in [1.807, 2.05) is 24.0 Å². The van der Waals surface area contributed by atoms with Gasteiger partial charge in [0, 0.05) is 38.6 Å². The number of carbonyl (C=O) groups excluding carboxylic acids is 2. The van der Waals surface area contributed by atoms with Gasteiger partial charge in [0.05, 0.1) is 5.41 Å². The Bertz CT molecular complexity index is 894. The average molecular weight is 422 g/mol. The van der Waals surface area contributed by atoms with E-state index in [-0.39, 0.29) is 17.9 Å². The summed E-state index contributed by atoms with van der Waals surface area (Å²) in [5.41, 5.74) is 2.74. The van der Waals surface area contributed by atoms with E-state index in [0.29, 0.717) is 32.7 Å². The monoisotopic (exact) mass is 421 g/mol. The van der Waals surface area contributed by atoms with Crippen molar-refractivity contribution in [1.82, 2.24) is 15.2 Å². The number of rotatable bonds is 6. The zero-order valence-electron chi connectivity index (χ0n) is 18.2. The van der Waals surface area contributed by atoms with E-state index in [2.05, 4.69) is 34.6 Å². The SMILES string of the molecule is CCNC(=O)[C@@]1(Cc2ccc(-c3ccncc3)cc2)CCCN(C(=O)[C@H]2CCCO2)C1. The minimum Gasteiger partial charge on any atom is -0.368 e. The van der Waals surface area contributed by atoms with Crippen LogP contribution in [0, 0.1) is 5.41 Å². The van der Waals surface area contributed by atoms with Crippen molar-refractivity contribution in [2.24, 2.45) is 5.41 Å². The number of nitrogens with one attached hydrogen (secondary N) is 1. The third-order valence-corrected chi connectivity index (χ3v) is 6.42. The van der Waals surface area contributed by atoms with Crippen molar-refractivity contribution < 1.29 is 14.3 Å². The summed E-state index contributed by atoms with van der Waals surface area (Å²) in [6, 6.07) is 12.3. The fourth-order valence-electron chi connectivity index (χ4n) is 4.80. The van der Waals surface area contributed by atoms with E-state index in [1.54, 1.807) is 12.4 Å². The lowest BCUT2D eigenvalue weighted by molar-refractivity contribution is -0.148. The Balaban J connectivity index is 1.54. The van der Waals surface area contributed by atoms with Gasteiger partial charge in [-0.05, 0) is 67.9 Å². The molecule has 164 valence electrons. The first kappa shape index (κ1) is 21.5. The first-order valence-electron chi connectivity index (χ1n) is 11.3. The second-order valence-electron chi connectivity index (χ2n) is 8.61. The van der Waals surface area contributed by atoms with Crippen LogP contribution in [-0.4, -0.2) is 54.0 Å². The van der Waals surface area contributed by atoms with E-state index in [4.69, 9.17) is 4.74 Å². The maximum atomic E-state index is 13.2. The van der Waals surface area contributed by atoms with Gasteiger partial charge >= 0.3 is 0 Å². The van der Waals surface area contributed by atoms with Gasteiger partial charge in [0.1, 0.15) is 6.10 Å². The van der Waals surface area contributed by atoms with Crippen LogP contribution in [0.4, 0.5) is 0 Å². The van der Waals surface area contributed by atoms with Crippen molar-refractivity contribution in [3.63, 3.8) is 0 Å². The maximum absolute atomic E-state index is 13.2. The second-order valence-corrected chi connectivity index (χ2v) is 8.61. The Morgan fingerprint density at radius 2 is 1.87 bits per heavy atom. The summed E-state index contributed by atoms with van der Waals surface area (Å²) in [6.07, 6.45) is 7.15. The predicted octanol–water partition coefficient (Wildman–Crippen LogP) is 3.22. The molecule has 2 amide bonds. The zero-order chi connectivity index (χ0) is 21.7. The Hall–Kier alpha value is -2.73. The van der Waals surface area contributed by atoms with Crippen LogP contribution in [0.5, 0.6) is 0 Å². The number of carbonyl (C=O) groups is 2. The number of hydrogen-bond acceptors (Lipinski definition) is 4. The number of piperidine rings is 1. The molecule has 1 aromatic carbocycles. The first-order chi connectivity index (χ1) is 15.1. The van der Waals surface area contributed by atoms with Crippen molar-refractivity contribution in [2.75, 3.05) is 26.2 Å². The molecule has 0 bridgehead atoms. The molecule has 2 aliphatic rings. The van der Waals surface area contributed by atoms with Gasteiger partial charge in [0.2, 0.25) is 5.91 Å². The normalized spacial score (nSPS) is 23.5. The number of nitrogens with zero attached hydrogens (tertiary/aromatic N) is 2. The average Bonchev–Trinajstić information content (AvgIpc) is 3.35. The van der Waals surface area contributed by atoms with E-state index in [9.17, 15) is 9.59 Å². The first-order valence-corrected chi connectivity index (χ1v) is 11.3. The van der Waals surface area contributed by atoms with E-state index in [1.165, 1.54) is 0 Å². The molecule has 2 saturated heterocycles. The summed E-state index contributed by atoms with van der Waals surface area (Å²) < 4.78 is 5.62. The van der Waals surface area contributed by atoms with Crippen molar-refractivity contribution >= 4 is 11.8 Å². The lowest BCUT2D eigenvalue weighted by Gasteiger charge is -2.42. The van der Waals surface area contributed by atoms with Crippen LogP contribution in [0.25, 0.3) is 11.1 Å². The molecule has 31 heavy (non-hydrogen) atoms. The van der Waals surface area contributed by atoms with Crippen molar-refractivity contribution in [2.45, 2.75) is 45.1 Å². The molecule has 1 aromatic heterocycles. The lowest BCUT2D eigenvalue weighted by atomic mass is 9.74. The summed E-state index contributed by atoms with van der Waals surface area (Å²) in [7, 11) is 0. The highest BCUT2D eigenvalue weighted by Crippen LogP contribution is 2.35. The number of likely N-dealkylation sites (tertiary alicyclic amines) is 1. The Morgan fingerprint density at radius 1 is 1.13 bits per heavy atom. The van der Waals surface area contributed by atoms with Crippen LogP contribution in [0.2, 0.25) is 0 Å². The molecule has 4 rings (SSSR count). The molecule has 0 spiro atoms. The molecule has 2 atom stereocenters. The Kier molecular flexibility index (Phi) is 6.66. The number of aromatic nitrogens is 1. The van der Waals surface area contributed by atoms with E-state index < -0.39 is 5.41 Å². The largest absolute Gasteiger partial charge is 0.368 e. The molecular formula is C25H31N3O3. The third kappa shape index (κ3) is 4.79. The molecular weight excluding hydrogens is 390 g/mol. The van der Waals surface area contributed by atoms with E-state index >= 15 is 0 Å². The van der Waals surface area contributed by atoms with Crippen molar-refractivity contribution in [3.8, 4) is 11.1 Å². The standard InChI is InChI=1S/C25H31N3O3/c1-2-27-24(30)25(12-4-15-28(18-25)23(29)22-5-3-16-31-22)17-19-6-8-20(9-7-19)21-10-13-26-14-11-21/h6-11,13-14,22H,2-5,12,15-18H2,1H3,(H,27,30)/t22-,25-/m1/s1. The topological polar surface area (TPSA) is 71.5 Å². The molecule has 2 aliphatic heterocycles. The Morgan fingerprint density at radius 3 is 2.55 bits per heavy atom. The summed E-state index contributed by atoms with van der Waals surface area (Å²) in [4.78, 5) is 32.1. The quantitative estimate of drug-likeness (QED) is 0.777. The number of hydrogen-bond donors (Lipinski definition) is 1. The van der Waals surface area contributed by atoms with Crippen molar-refractivity contribution in [1.29, 1.82) is 0 Å². The molecule has 2 fully saturated rings. The van der Waals surface area contributed by atoms with Gasteiger partial charge in [0.25, 0.3) is 5.91 Å². The van der Waals surface area contributed by atoms with Gasteiger partial charge in [-0.1, -0.05) is 24.3 Å². The predicted molar refractivity (Wildman–Crippen MR) is 119 cm³/mol. The number of ether oxygens (including phenoxy) is 1. The smallest absolute Gasteiger partial charge is 0.251 e. The second kappa shape index (κ2) is 9.60. The summed E-state index contributed by atoms with van der Waals surface area (Å²) >= 11 is 0. The molecule has 3 heterocycles. The maximum Gasteiger partial charge on any atom is 0.251 e. The third-order valence-electron chi connectivity index (χ3n) is 6.42. The highest BCUT2D eigenvalue weighted by atomic mass is 16.5. The van der Waals surface area contributed by atoms with E-state index in [0.717, 1.165) is 42.4 Å². The number of pyridine rings is 1. The highest BCUT2D eigenvalue weighted by molar-refractivity contribution is 5.86. The fourth-order valence-corrected chi connectivity index (χ4v) is 4.80. The zero-order valence-corrected chi connectivity index (χ0v) is 18.2. The summed E-state index contributed by atoms with van der Waals surface area (Å²) in [5, 5.41) is 3.03. The van der Waals surface area contributed by atoms with Gasteiger partial charge in [-0.2, -0.15) is 0 Å². The van der Waals surface area contributed by atoms with Crippen LogP contribution in [0.15, 0.2) is 48.8 Å². The molecule has 0 unspecified atom stereocenters. The van der Waals surface area contributed by atoms with Gasteiger partial charge < -0.3 is 15.0 Å². The summed E-state index contributed by atoms with van der Waals surface area (Å²) in [5.74, 6) is 0.0805.